The van der Waals surface area contributed by atoms with Crippen molar-refractivity contribution < 1.29 is 19.4 Å². The standard InChI is InChI=1S/C23H20ClNO4/c1-15-5-10-20(29-14-17-3-2-4-19(24)11-17)12-21(15)22(26)25-13-16-6-8-18(9-7-16)23(27)28/h2-12H,13-14H2,1H3,(H,25,26)(H,27,28). The summed E-state index contributed by atoms with van der Waals surface area (Å²) in [6, 6.07) is 19.2. The van der Waals surface area contributed by atoms with Crippen molar-refractivity contribution in [1.82, 2.24) is 5.32 Å². The molecule has 0 unspecified atom stereocenters. The van der Waals surface area contributed by atoms with Crippen LogP contribution in [0.1, 0.15) is 37.4 Å². The Morgan fingerprint density at radius 1 is 1.00 bits per heavy atom. The van der Waals surface area contributed by atoms with Crippen molar-refractivity contribution in [2.75, 3.05) is 0 Å². The van der Waals surface area contributed by atoms with Crippen molar-refractivity contribution in [3.63, 3.8) is 0 Å². The number of hydrogen-bond acceptors (Lipinski definition) is 3. The molecule has 0 aliphatic heterocycles. The largest absolute Gasteiger partial charge is 0.489 e. The van der Waals surface area contributed by atoms with Crippen molar-refractivity contribution in [3.8, 4) is 5.75 Å². The van der Waals surface area contributed by atoms with Crippen LogP contribution in [0.2, 0.25) is 5.02 Å². The minimum atomic E-state index is -0.981. The van der Waals surface area contributed by atoms with Gasteiger partial charge in [0, 0.05) is 17.1 Å². The lowest BCUT2D eigenvalue weighted by atomic mass is 10.1. The summed E-state index contributed by atoms with van der Waals surface area (Å²) in [7, 11) is 0. The first-order chi connectivity index (χ1) is 13.9. The first-order valence-electron chi connectivity index (χ1n) is 9.01. The number of aryl methyl sites for hydroxylation is 1. The maximum absolute atomic E-state index is 12.6. The van der Waals surface area contributed by atoms with Crippen LogP contribution in [0.15, 0.2) is 66.7 Å². The van der Waals surface area contributed by atoms with Gasteiger partial charge in [0.25, 0.3) is 5.91 Å². The lowest BCUT2D eigenvalue weighted by Crippen LogP contribution is -2.23. The molecule has 5 nitrogen and oxygen atoms in total. The molecule has 148 valence electrons. The van der Waals surface area contributed by atoms with Gasteiger partial charge in [0.05, 0.1) is 5.56 Å². The number of carbonyl (C=O) groups excluding carboxylic acids is 1. The highest BCUT2D eigenvalue weighted by atomic mass is 35.5. The Kier molecular flexibility index (Phi) is 6.52. The van der Waals surface area contributed by atoms with E-state index >= 15 is 0 Å². The third-order valence-electron chi connectivity index (χ3n) is 4.40. The van der Waals surface area contributed by atoms with Crippen molar-refractivity contribution in [2.45, 2.75) is 20.1 Å². The van der Waals surface area contributed by atoms with E-state index in [1.165, 1.54) is 12.1 Å². The third kappa shape index (κ3) is 5.59. The second kappa shape index (κ2) is 9.26. The average Bonchev–Trinajstić information content (AvgIpc) is 2.71. The second-order valence-electron chi connectivity index (χ2n) is 6.58. The van der Waals surface area contributed by atoms with Crippen LogP contribution < -0.4 is 10.1 Å². The van der Waals surface area contributed by atoms with E-state index in [1.54, 1.807) is 24.3 Å². The monoisotopic (exact) mass is 409 g/mol. The van der Waals surface area contributed by atoms with Gasteiger partial charge in [0.2, 0.25) is 0 Å². The fraction of sp³-hybridized carbons (Fsp3) is 0.130. The summed E-state index contributed by atoms with van der Waals surface area (Å²) in [6.45, 7) is 2.50. The molecule has 0 radical (unpaired) electrons. The van der Waals surface area contributed by atoms with Crippen LogP contribution in [0, 0.1) is 6.92 Å². The van der Waals surface area contributed by atoms with E-state index < -0.39 is 5.97 Å². The summed E-state index contributed by atoms with van der Waals surface area (Å²) in [5.74, 6) is -0.615. The van der Waals surface area contributed by atoms with Crippen molar-refractivity contribution >= 4 is 23.5 Å². The van der Waals surface area contributed by atoms with E-state index in [0.29, 0.717) is 29.5 Å². The maximum atomic E-state index is 12.6. The van der Waals surface area contributed by atoms with Crippen molar-refractivity contribution in [1.29, 1.82) is 0 Å². The van der Waals surface area contributed by atoms with Gasteiger partial charge in [-0.3, -0.25) is 4.79 Å². The molecule has 0 aliphatic carbocycles. The molecular formula is C23H20ClNO4. The van der Waals surface area contributed by atoms with E-state index in [1.807, 2.05) is 37.3 Å². The summed E-state index contributed by atoms with van der Waals surface area (Å²) in [5.41, 5.74) is 3.32. The molecule has 0 atom stereocenters. The number of rotatable bonds is 7. The number of benzene rings is 3. The van der Waals surface area contributed by atoms with Crippen molar-refractivity contribution in [3.05, 3.63) is 99.6 Å². The molecule has 3 aromatic rings. The summed E-state index contributed by atoms with van der Waals surface area (Å²) < 4.78 is 5.80. The van der Waals surface area contributed by atoms with Crippen LogP contribution in [-0.2, 0) is 13.2 Å². The Morgan fingerprint density at radius 3 is 2.45 bits per heavy atom. The zero-order valence-corrected chi connectivity index (χ0v) is 16.6. The number of carboxylic acid groups (broad SMARTS) is 1. The fourth-order valence-corrected chi connectivity index (χ4v) is 2.98. The zero-order valence-electron chi connectivity index (χ0n) is 15.8. The van der Waals surface area contributed by atoms with Gasteiger partial charge in [0.1, 0.15) is 12.4 Å². The second-order valence-corrected chi connectivity index (χ2v) is 7.02. The molecule has 0 aliphatic rings. The number of hydrogen-bond donors (Lipinski definition) is 2. The van der Waals surface area contributed by atoms with Crippen LogP contribution in [0.4, 0.5) is 0 Å². The maximum Gasteiger partial charge on any atom is 0.335 e. The quantitative estimate of drug-likeness (QED) is 0.584. The smallest absolute Gasteiger partial charge is 0.335 e. The summed E-state index contributed by atoms with van der Waals surface area (Å²) in [4.78, 5) is 23.5. The lowest BCUT2D eigenvalue weighted by molar-refractivity contribution is 0.0696. The van der Waals surface area contributed by atoms with Gasteiger partial charge in [-0.15, -0.1) is 0 Å². The SMILES string of the molecule is Cc1ccc(OCc2cccc(Cl)c2)cc1C(=O)NCc1ccc(C(=O)O)cc1. The molecular weight excluding hydrogens is 390 g/mol. The highest BCUT2D eigenvalue weighted by Crippen LogP contribution is 2.20. The Bertz CT molecular complexity index is 1030. The van der Waals surface area contributed by atoms with E-state index in [-0.39, 0.29) is 11.5 Å². The molecule has 29 heavy (non-hydrogen) atoms. The minimum Gasteiger partial charge on any atom is -0.489 e. The van der Waals surface area contributed by atoms with Crippen LogP contribution in [0.5, 0.6) is 5.75 Å². The van der Waals surface area contributed by atoms with Crippen LogP contribution in [0.3, 0.4) is 0 Å². The number of carbonyl (C=O) groups is 2. The van der Waals surface area contributed by atoms with E-state index in [9.17, 15) is 9.59 Å². The Labute approximate surface area is 173 Å². The number of nitrogens with one attached hydrogen (secondary N) is 1. The Hall–Kier alpha value is -3.31. The van der Waals surface area contributed by atoms with Gasteiger partial charge >= 0.3 is 5.97 Å². The van der Waals surface area contributed by atoms with Gasteiger partial charge in [-0.25, -0.2) is 4.79 Å². The highest BCUT2D eigenvalue weighted by Gasteiger charge is 2.11. The first kappa shape index (κ1) is 20.4. The van der Waals surface area contributed by atoms with E-state index in [4.69, 9.17) is 21.4 Å². The average molecular weight is 410 g/mol. The Morgan fingerprint density at radius 2 is 1.76 bits per heavy atom. The van der Waals surface area contributed by atoms with Gasteiger partial charge in [-0.2, -0.15) is 0 Å². The number of amides is 1. The van der Waals surface area contributed by atoms with Gasteiger partial charge in [-0.1, -0.05) is 41.9 Å². The normalized spacial score (nSPS) is 10.4. The topological polar surface area (TPSA) is 75.6 Å². The summed E-state index contributed by atoms with van der Waals surface area (Å²) in [5, 5.41) is 12.4. The molecule has 1 amide bonds. The Balaban J connectivity index is 1.63. The summed E-state index contributed by atoms with van der Waals surface area (Å²) >= 11 is 5.99. The molecule has 3 aromatic carbocycles. The molecule has 0 aromatic heterocycles. The molecule has 0 saturated heterocycles. The molecule has 2 N–H and O–H groups in total. The predicted octanol–water partition coefficient (Wildman–Crippen LogP) is 4.86. The molecule has 0 heterocycles. The van der Waals surface area contributed by atoms with Crippen molar-refractivity contribution in [2.24, 2.45) is 0 Å². The molecule has 3 rings (SSSR count). The van der Waals surface area contributed by atoms with Crippen LogP contribution in [0.25, 0.3) is 0 Å². The number of carboxylic acids is 1. The molecule has 0 spiro atoms. The third-order valence-corrected chi connectivity index (χ3v) is 4.64. The van der Waals surface area contributed by atoms with Gasteiger partial charge < -0.3 is 15.2 Å². The van der Waals surface area contributed by atoms with Gasteiger partial charge in [-0.05, 0) is 60.0 Å². The number of halogens is 1. The van der Waals surface area contributed by atoms with E-state index in [2.05, 4.69) is 5.32 Å². The van der Waals surface area contributed by atoms with Gasteiger partial charge in [0.15, 0.2) is 0 Å². The molecule has 0 fully saturated rings. The number of aromatic carboxylic acids is 1. The molecule has 0 saturated carbocycles. The first-order valence-corrected chi connectivity index (χ1v) is 9.38. The highest BCUT2D eigenvalue weighted by molar-refractivity contribution is 6.30. The number of ether oxygens (including phenoxy) is 1. The fourth-order valence-electron chi connectivity index (χ4n) is 2.77. The minimum absolute atomic E-state index is 0.209. The molecule has 6 heteroatoms. The van der Waals surface area contributed by atoms with Crippen LogP contribution in [-0.4, -0.2) is 17.0 Å². The molecule has 0 bridgehead atoms. The zero-order chi connectivity index (χ0) is 20.8. The van der Waals surface area contributed by atoms with E-state index in [0.717, 1.165) is 16.7 Å². The lowest BCUT2D eigenvalue weighted by Gasteiger charge is -2.11. The van der Waals surface area contributed by atoms with Crippen LogP contribution >= 0.6 is 11.6 Å². The summed E-state index contributed by atoms with van der Waals surface area (Å²) in [6.07, 6.45) is 0. The predicted molar refractivity (Wildman–Crippen MR) is 112 cm³/mol.